The van der Waals surface area contributed by atoms with Crippen LogP contribution in [0.25, 0.3) is 0 Å². The molecule has 100 valence electrons. The minimum absolute atomic E-state index is 0.176. The van der Waals surface area contributed by atoms with Crippen molar-refractivity contribution in [2.24, 2.45) is 5.92 Å². The normalized spacial score (nSPS) is 22.1. The van der Waals surface area contributed by atoms with E-state index < -0.39 is 5.54 Å². The first-order valence-electron chi connectivity index (χ1n) is 6.51. The number of likely N-dealkylation sites (tertiary alicyclic amines) is 1. The number of hydrogen-bond acceptors (Lipinski definition) is 4. The maximum absolute atomic E-state index is 11.7. The van der Waals surface area contributed by atoms with Crippen LogP contribution in [0.5, 0.6) is 0 Å². The van der Waals surface area contributed by atoms with E-state index in [0.29, 0.717) is 0 Å². The van der Waals surface area contributed by atoms with E-state index in [1.54, 1.807) is 0 Å². The van der Waals surface area contributed by atoms with Crippen molar-refractivity contribution in [3.05, 3.63) is 0 Å². The van der Waals surface area contributed by atoms with Crippen LogP contribution in [0.1, 0.15) is 33.1 Å². The average Bonchev–Trinajstić information content (AvgIpc) is 2.36. The lowest BCUT2D eigenvalue weighted by molar-refractivity contribution is -0.148. The van der Waals surface area contributed by atoms with Gasteiger partial charge in [0.05, 0.1) is 7.11 Å². The lowest BCUT2D eigenvalue weighted by Gasteiger charge is -2.33. The molecule has 1 saturated heterocycles. The smallest absolute Gasteiger partial charge is 0.325 e. The summed E-state index contributed by atoms with van der Waals surface area (Å²) in [5.74, 6) is 0.674. The van der Waals surface area contributed by atoms with Crippen molar-refractivity contribution in [1.82, 2.24) is 10.2 Å². The first kappa shape index (κ1) is 14.5. The monoisotopic (exact) mass is 242 g/mol. The summed E-state index contributed by atoms with van der Waals surface area (Å²) in [6.45, 7) is 7.48. The van der Waals surface area contributed by atoms with Crippen LogP contribution in [0, 0.1) is 5.92 Å². The standard InChI is InChI=1S/C13H26N2O2/c1-11-5-8-15(9-6-11)10-7-13(2,14-3)12(16)17-4/h11,14H,5-10H2,1-4H3. The first-order chi connectivity index (χ1) is 8.01. The molecule has 0 aliphatic carbocycles. The lowest BCUT2D eigenvalue weighted by atomic mass is 9.95. The Morgan fingerprint density at radius 3 is 2.53 bits per heavy atom. The topological polar surface area (TPSA) is 41.6 Å². The fraction of sp³-hybridized carbons (Fsp3) is 0.923. The van der Waals surface area contributed by atoms with Crippen molar-refractivity contribution in [2.45, 2.75) is 38.6 Å². The van der Waals surface area contributed by atoms with Gasteiger partial charge in [-0.1, -0.05) is 6.92 Å². The van der Waals surface area contributed by atoms with Gasteiger partial charge in [0, 0.05) is 6.54 Å². The Kier molecular flexibility index (Phi) is 5.40. The van der Waals surface area contributed by atoms with Gasteiger partial charge < -0.3 is 15.0 Å². The predicted octanol–water partition coefficient (Wildman–Crippen LogP) is 1.26. The van der Waals surface area contributed by atoms with E-state index >= 15 is 0 Å². The van der Waals surface area contributed by atoms with Gasteiger partial charge in [0.2, 0.25) is 0 Å². The molecule has 0 spiro atoms. The van der Waals surface area contributed by atoms with Gasteiger partial charge >= 0.3 is 5.97 Å². The van der Waals surface area contributed by atoms with Crippen LogP contribution in [0.2, 0.25) is 0 Å². The number of methoxy groups -OCH3 is 1. The Bertz CT molecular complexity index is 250. The fourth-order valence-electron chi connectivity index (χ4n) is 2.22. The summed E-state index contributed by atoms with van der Waals surface area (Å²) in [5, 5.41) is 3.08. The highest BCUT2D eigenvalue weighted by Gasteiger charge is 2.32. The molecule has 0 aromatic rings. The largest absolute Gasteiger partial charge is 0.468 e. The summed E-state index contributed by atoms with van der Waals surface area (Å²) < 4.78 is 4.84. The Labute approximate surface area is 105 Å². The zero-order valence-corrected chi connectivity index (χ0v) is 11.6. The zero-order chi connectivity index (χ0) is 12.9. The number of carbonyl (C=O) groups is 1. The van der Waals surface area contributed by atoms with E-state index in [4.69, 9.17) is 4.74 Å². The van der Waals surface area contributed by atoms with Crippen LogP contribution in [0.4, 0.5) is 0 Å². The molecule has 0 aromatic carbocycles. The molecular formula is C13H26N2O2. The highest BCUT2D eigenvalue weighted by Crippen LogP contribution is 2.18. The molecule has 4 heteroatoms. The summed E-state index contributed by atoms with van der Waals surface area (Å²) in [7, 11) is 3.26. The second-order valence-electron chi connectivity index (χ2n) is 5.35. The van der Waals surface area contributed by atoms with Crippen LogP contribution < -0.4 is 5.32 Å². The number of nitrogens with one attached hydrogen (secondary N) is 1. The third-order valence-corrected chi connectivity index (χ3v) is 3.99. The Morgan fingerprint density at radius 2 is 2.06 bits per heavy atom. The second-order valence-corrected chi connectivity index (χ2v) is 5.35. The Balaban J connectivity index is 2.40. The molecule has 1 N–H and O–H groups in total. The second kappa shape index (κ2) is 6.36. The summed E-state index contributed by atoms with van der Waals surface area (Å²) in [6.07, 6.45) is 3.34. The number of likely N-dealkylation sites (N-methyl/N-ethyl adjacent to an activating group) is 1. The van der Waals surface area contributed by atoms with E-state index in [9.17, 15) is 4.79 Å². The third kappa shape index (κ3) is 3.96. The quantitative estimate of drug-likeness (QED) is 0.737. The van der Waals surface area contributed by atoms with Crippen LogP contribution in [0.3, 0.4) is 0 Å². The summed E-state index contributed by atoms with van der Waals surface area (Å²) in [4.78, 5) is 14.1. The minimum atomic E-state index is -0.558. The van der Waals surface area contributed by atoms with Crippen molar-refractivity contribution >= 4 is 5.97 Å². The number of nitrogens with zero attached hydrogens (tertiary/aromatic N) is 1. The summed E-state index contributed by atoms with van der Waals surface area (Å²) in [6, 6.07) is 0. The highest BCUT2D eigenvalue weighted by molar-refractivity contribution is 5.80. The maximum Gasteiger partial charge on any atom is 0.325 e. The average molecular weight is 242 g/mol. The number of piperidine rings is 1. The highest BCUT2D eigenvalue weighted by atomic mass is 16.5. The Hall–Kier alpha value is -0.610. The minimum Gasteiger partial charge on any atom is -0.468 e. The fourth-order valence-corrected chi connectivity index (χ4v) is 2.22. The molecule has 1 rings (SSSR count). The molecule has 4 nitrogen and oxygen atoms in total. The van der Waals surface area contributed by atoms with Gasteiger partial charge in [-0.3, -0.25) is 4.79 Å². The van der Waals surface area contributed by atoms with E-state index in [-0.39, 0.29) is 5.97 Å². The molecule has 0 radical (unpaired) electrons. The Morgan fingerprint density at radius 1 is 1.47 bits per heavy atom. The molecule has 17 heavy (non-hydrogen) atoms. The van der Waals surface area contributed by atoms with E-state index in [1.807, 2.05) is 14.0 Å². The molecule has 0 bridgehead atoms. The number of hydrogen-bond donors (Lipinski definition) is 1. The van der Waals surface area contributed by atoms with Gasteiger partial charge in [0.25, 0.3) is 0 Å². The zero-order valence-electron chi connectivity index (χ0n) is 11.6. The van der Waals surface area contributed by atoms with Crippen LogP contribution in [-0.2, 0) is 9.53 Å². The van der Waals surface area contributed by atoms with E-state index in [0.717, 1.165) is 32.0 Å². The van der Waals surface area contributed by atoms with Gasteiger partial charge in [-0.15, -0.1) is 0 Å². The molecular weight excluding hydrogens is 216 g/mol. The van der Waals surface area contributed by atoms with Gasteiger partial charge in [-0.25, -0.2) is 0 Å². The molecule has 1 aliphatic heterocycles. The van der Waals surface area contributed by atoms with E-state index in [1.165, 1.54) is 20.0 Å². The van der Waals surface area contributed by atoms with Gasteiger partial charge in [-0.2, -0.15) is 0 Å². The molecule has 1 aliphatic rings. The number of ether oxygens (including phenoxy) is 1. The van der Waals surface area contributed by atoms with Gasteiger partial charge in [-0.05, 0) is 52.2 Å². The molecule has 0 amide bonds. The van der Waals surface area contributed by atoms with Crippen LogP contribution >= 0.6 is 0 Å². The lowest BCUT2D eigenvalue weighted by Crippen LogP contribution is -2.50. The summed E-state index contributed by atoms with van der Waals surface area (Å²) in [5.41, 5.74) is -0.558. The van der Waals surface area contributed by atoms with Gasteiger partial charge in [0.1, 0.15) is 5.54 Å². The van der Waals surface area contributed by atoms with Crippen molar-refractivity contribution < 1.29 is 9.53 Å². The van der Waals surface area contributed by atoms with Crippen molar-refractivity contribution in [1.29, 1.82) is 0 Å². The third-order valence-electron chi connectivity index (χ3n) is 3.99. The van der Waals surface area contributed by atoms with Crippen molar-refractivity contribution in [2.75, 3.05) is 33.8 Å². The molecule has 0 aromatic heterocycles. The van der Waals surface area contributed by atoms with Crippen LogP contribution in [0.15, 0.2) is 0 Å². The van der Waals surface area contributed by atoms with Gasteiger partial charge in [0.15, 0.2) is 0 Å². The summed E-state index contributed by atoms with van der Waals surface area (Å²) >= 11 is 0. The first-order valence-corrected chi connectivity index (χ1v) is 6.51. The molecule has 0 saturated carbocycles. The molecule has 1 atom stereocenters. The van der Waals surface area contributed by atoms with Crippen molar-refractivity contribution in [3.63, 3.8) is 0 Å². The predicted molar refractivity (Wildman–Crippen MR) is 68.9 cm³/mol. The number of carbonyl (C=O) groups excluding carboxylic acids is 1. The van der Waals surface area contributed by atoms with Crippen LogP contribution in [-0.4, -0.2) is 50.2 Å². The molecule has 1 fully saturated rings. The van der Waals surface area contributed by atoms with Crippen molar-refractivity contribution in [3.8, 4) is 0 Å². The SMILES string of the molecule is CNC(C)(CCN1CCC(C)CC1)C(=O)OC. The van der Waals surface area contributed by atoms with E-state index in [2.05, 4.69) is 17.1 Å². The number of esters is 1. The maximum atomic E-state index is 11.7. The number of rotatable bonds is 5. The molecule has 1 unspecified atom stereocenters. The molecule has 1 heterocycles.